The molecule has 4 rings (SSSR count). The lowest BCUT2D eigenvalue weighted by molar-refractivity contribution is 0.0690. The van der Waals surface area contributed by atoms with Crippen molar-refractivity contribution in [1.82, 2.24) is 19.7 Å². The zero-order valence-electron chi connectivity index (χ0n) is 15.5. The minimum Gasteiger partial charge on any atom is -0.476 e. The lowest BCUT2D eigenvalue weighted by atomic mass is 10.1. The van der Waals surface area contributed by atoms with E-state index < -0.39 is 11.9 Å². The first-order valence-corrected chi connectivity index (χ1v) is 8.93. The molecule has 0 unspecified atom stereocenters. The first-order chi connectivity index (χ1) is 14.0. The molecule has 0 bridgehead atoms. The van der Waals surface area contributed by atoms with Gasteiger partial charge in [-0.3, -0.25) is 9.48 Å². The molecule has 3 heterocycles. The lowest BCUT2D eigenvalue weighted by Crippen LogP contribution is -2.15. The molecule has 3 N–H and O–H groups in total. The van der Waals surface area contributed by atoms with Crippen LogP contribution in [0.3, 0.4) is 0 Å². The third-order valence-corrected chi connectivity index (χ3v) is 4.30. The average molecular weight is 390 g/mol. The Morgan fingerprint density at radius 3 is 2.83 bits per heavy atom. The quantitative estimate of drug-likeness (QED) is 0.530. The second-order valence-electron chi connectivity index (χ2n) is 6.59. The molecule has 0 aromatic carbocycles. The van der Waals surface area contributed by atoms with E-state index in [9.17, 15) is 14.7 Å². The van der Waals surface area contributed by atoms with E-state index in [-0.39, 0.29) is 17.1 Å². The predicted molar refractivity (Wildman–Crippen MR) is 107 cm³/mol. The fourth-order valence-electron chi connectivity index (χ4n) is 2.77. The van der Waals surface area contributed by atoms with Crippen LogP contribution in [0.1, 0.15) is 21.0 Å². The molecule has 0 spiro atoms. The van der Waals surface area contributed by atoms with Gasteiger partial charge in [-0.25, -0.2) is 14.8 Å². The molecule has 0 saturated carbocycles. The van der Waals surface area contributed by atoms with Gasteiger partial charge in [-0.2, -0.15) is 5.10 Å². The lowest BCUT2D eigenvalue weighted by Gasteiger charge is -2.08. The van der Waals surface area contributed by atoms with Crippen LogP contribution >= 0.6 is 0 Å². The van der Waals surface area contributed by atoms with Gasteiger partial charge < -0.3 is 15.7 Å². The molecule has 9 nitrogen and oxygen atoms in total. The van der Waals surface area contributed by atoms with Crippen LogP contribution in [0.4, 0.5) is 11.5 Å². The van der Waals surface area contributed by atoms with Gasteiger partial charge in [0.2, 0.25) is 0 Å². The van der Waals surface area contributed by atoms with E-state index in [0.29, 0.717) is 11.6 Å². The highest BCUT2D eigenvalue weighted by atomic mass is 16.4. The Hall–Kier alpha value is -4.01. The van der Waals surface area contributed by atoms with Gasteiger partial charge in [-0.1, -0.05) is 18.2 Å². The number of carboxylic acid groups (broad SMARTS) is 1. The number of nitrogens with one attached hydrogen (secondary N) is 2. The SMILES string of the molecule is Cn1cc(NC(=O)c2cccc(-c3ccnc(NCC4C=C4)c3)n2)c(C(=O)O)n1. The maximum atomic E-state index is 12.6. The number of aromatic nitrogens is 4. The summed E-state index contributed by atoms with van der Waals surface area (Å²) < 4.78 is 1.32. The molecule has 0 radical (unpaired) electrons. The third-order valence-electron chi connectivity index (χ3n) is 4.30. The predicted octanol–water partition coefficient (Wildman–Crippen LogP) is 2.43. The summed E-state index contributed by atoms with van der Waals surface area (Å²) >= 11 is 0. The molecular weight excluding hydrogens is 372 g/mol. The standard InChI is InChI=1S/C20H18N6O3/c1-26-11-16(18(25-26)20(28)29)24-19(27)15-4-2-3-14(23-15)13-7-8-21-17(9-13)22-10-12-5-6-12/h2-9,11-12H,10H2,1H3,(H,21,22)(H,24,27)(H,28,29). The van der Waals surface area contributed by atoms with Gasteiger partial charge in [0, 0.05) is 37.5 Å². The van der Waals surface area contributed by atoms with Crippen LogP contribution in [0.2, 0.25) is 0 Å². The highest BCUT2D eigenvalue weighted by Crippen LogP contribution is 2.22. The molecular formula is C20H18N6O3. The minimum atomic E-state index is -1.22. The number of pyridine rings is 2. The summed E-state index contributed by atoms with van der Waals surface area (Å²) in [5.41, 5.74) is 1.47. The molecule has 3 aromatic heterocycles. The molecule has 3 aromatic rings. The largest absolute Gasteiger partial charge is 0.476 e. The Bertz CT molecular complexity index is 1110. The fraction of sp³-hybridized carbons (Fsp3) is 0.150. The van der Waals surface area contributed by atoms with E-state index in [0.717, 1.165) is 17.9 Å². The van der Waals surface area contributed by atoms with E-state index in [2.05, 4.69) is 37.9 Å². The van der Waals surface area contributed by atoms with Crippen molar-refractivity contribution in [1.29, 1.82) is 0 Å². The summed E-state index contributed by atoms with van der Waals surface area (Å²) in [4.78, 5) is 32.6. The Labute approximate surface area is 166 Å². The molecule has 1 aliphatic rings. The zero-order valence-corrected chi connectivity index (χ0v) is 15.5. The summed E-state index contributed by atoms with van der Waals surface area (Å²) in [6.07, 6.45) is 7.33. The first kappa shape index (κ1) is 18.4. The average Bonchev–Trinajstić information content (AvgIpc) is 3.48. The van der Waals surface area contributed by atoms with Crippen LogP contribution in [-0.4, -0.2) is 43.3 Å². The van der Waals surface area contributed by atoms with Crippen LogP contribution in [0, 0.1) is 5.92 Å². The Balaban J connectivity index is 1.53. The highest BCUT2D eigenvalue weighted by molar-refractivity contribution is 6.06. The van der Waals surface area contributed by atoms with Crippen molar-refractivity contribution >= 4 is 23.4 Å². The van der Waals surface area contributed by atoms with Gasteiger partial charge >= 0.3 is 5.97 Å². The van der Waals surface area contributed by atoms with Crippen molar-refractivity contribution in [3.63, 3.8) is 0 Å². The van der Waals surface area contributed by atoms with Crippen LogP contribution in [-0.2, 0) is 7.05 Å². The monoisotopic (exact) mass is 390 g/mol. The van der Waals surface area contributed by atoms with Gasteiger partial charge in [0.15, 0.2) is 5.69 Å². The topological polar surface area (TPSA) is 122 Å². The summed E-state index contributed by atoms with van der Waals surface area (Å²) in [6, 6.07) is 8.77. The zero-order chi connectivity index (χ0) is 20.4. The van der Waals surface area contributed by atoms with Crippen molar-refractivity contribution in [2.45, 2.75) is 0 Å². The number of carboxylic acids is 1. The number of nitrogens with zero attached hydrogens (tertiary/aromatic N) is 4. The smallest absolute Gasteiger partial charge is 0.358 e. The van der Waals surface area contributed by atoms with Gasteiger partial charge in [0.05, 0.1) is 11.4 Å². The van der Waals surface area contributed by atoms with Crippen molar-refractivity contribution < 1.29 is 14.7 Å². The summed E-state index contributed by atoms with van der Waals surface area (Å²) in [5, 5.41) is 18.9. The second kappa shape index (κ2) is 7.55. The molecule has 0 aliphatic heterocycles. The van der Waals surface area contributed by atoms with E-state index in [1.54, 1.807) is 31.4 Å². The van der Waals surface area contributed by atoms with E-state index >= 15 is 0 Å². The number of aromatic carboxylic acids is 1. The van der Waals surface area contributed by atoms with E-state index in [4.69, 9.17) is 0 Å². The molecule has 29 heavy (non-hydrogen) atoms. The van der Waals surface area contributed by atoms with Crippen molar-refractivity contribution in [3.8, 4) is 11.3 Å². The van der Waals surface area contributed by atoms with Gasteiger partial charge in [0.25, 0.3) is 5.91 Å². The Morgan fingerprint density at radius 2 is 2.07 bits per heavy atom. The molecule has 1 amide bonds. The number of hydrogen-bond acceptors (Lipinski definition) is 6. The van der Waals surface area contributed by atoms with Gasteiger partial charge in [-0.05, 0) is 24.3 Å². The normalized spacial score (nSPS) is 12.6. The Kier molecular flexibility index (Phi) is 4.78. The van der Waals surface area contributed by atoms with Crippen molar-refractivity contribution in [3.05, 3.63) is 66.3 Å². The summed E-state index contributed by atoms with van der Waals surface area (Å²) in [5.74, 6) is -0.529. The fourth-order valence-corrected chi connectivity index (χ4v) is 2.77. The Morgan fingerprint density at radius 1 is 1.24 bits per heavy atom. The molecule has 0 atom stereocenters. The number of rotatable bonds is 7. The molecule has 1 aliphatic carbocycles. The molecule has 0 fully saturated rings. The number of anilines is 2. The summed E-state index contributed by atoms with van der Waals surface area (Å²) in [6.45, 7) is 0.795. The van der Waals surface area contributed by atoms with E-state index in [1.165, 1.54) is 10.9 Å². The maximum absolute atomic E-state index is 12.6. The summed E-state index contributed by atoms with van der Waals surface area (Å²) in [7, 11) is 1.58. The number of carbonyl (C=O) groups is 2. The first-order valence-electron chi connectivity index (χ1n) is 8.93. The van der Waals surface area contributed by atoms with Crippen LogP contribution in [0.5, 0.6) is 0 Å². The number of hydrogen-bond donors (Lipinski definition) is 3. The van der Waals surface area contributed by atoms with Crippen LogP contribution < -0.4 is 10.6 Å². The van der Waals surface area contributed by atoms with Gasteiger partial charge in [-0.15, -0.1) is 0 Å². The third kappa shape index (κ3) is 4.29. The molecule has 146 valence electrons. The molecule has 0 saturated heterocycles. The van der Waals surface area contributed by atoms with Gasteiger partial charge in [0.1, 0.15) is 11.5 Å². The second-order valence-corrected chi connectivity index (χ2v) is 6.59. The minimum absolute atomic E-state index is 0.112. The van der Waals surface area contributed by atoms with Crippen LogP contribution in [0.15, 0.2) is 54.9 Å². The highest BCUT2D eigenvalue weighted by Gasteiger charge is 2.18. The molecule has 9 heteroatoms. The van der Waals surface area contributed by atoms with Crippen LogP contribution in [0.25, 0.3) is 11.3 Å². The maximum Gasteiger partial charge on any atom is 0.358 e. The number of carbonyl (C=O) groups excluding carboxylic acids is 1. The van der Waals surface area contributed by atoms with E-state index in [1.807, 2.05) is 12.1 Å². The number of aryl methyl sites for hydroxylation is 1. The van der Waals surface area contributed by atoms with Crippen molar-refractivity contribution in [2.24, 2.45) is 13.0 Å². The number of amides is 1. The van der Waals surface area contributed by atoms with Crippen molar-refractivity contribution in [2.75, 3.05) is 17.2 Å².